The summed E-state index contributed by atoms with van der Waals surface area (Å²) >= 11 is 0. The van der Waals surface area contributed by atoms with E-state index in [2.05, 4.69) is 12.2 Å². The van der Waals surface area contributed by atoms with Gasteiger partial charge >= 0.3 is 0 Å². The van der Waals surface area contributed by atoms with Crippen LogP contribution in [0.4, 0.5) is 0 Å². The molecule has 0 aromatic heterocycles. The van der Waals surface area contributed by atoms with Crippen molar-refractivity contribution in [2.45, 2.75) is 25.0 Å². The van der Waals surface area contributed by atoms with E-state index in [1.54, 1.807) is 12.2 Å². The first-order chi connectivity index (χ1) is 8.18. The van der Waals surface area contributed by atoms with E-state index in [-0.39, 0.29) is 12.0 Å². The Balaban J connectivity index is 2.03. The van der Waals surface area contributed by atoms with Gasteiger partial charge in [-0.15, -0.1) is 0 Å². The van der Waals surface area contributed by atoms with Crippen LogP contribution in [0.25, 0.3) is 0 Å². The Kier molecular flexibility index (Phi) is 3.71. The van der Waals surface area contributed by atoms with Crippen LogP contribution in [0.3, 0.4) is 0 Å². The lowest BCUT2D eigenvalue weighted by atomic mass is 9.86. The fourth-order valence-electron chi connectivity index (χ4n) is 2.08. The van der Waals surface area contributed by atoms with Gasteiger partial charge in [0, 0.05) is 5.92 Å². The van der Waals surface area contributed by atoms with Crippen molar-refractivity contribution in [3.63, 3.8) is 0 Å². The number of hydrogen-bond donors (Lipinski definition) is 3. The summed E-state index contributed by atoms with van der Waals surface area (Å²) in [5, 5.41) is 17.4. The third-order valence-corrected chi connectivity index (χ3v) is 3.20. The Morgan fingerprint density at radius 1 is 1.35 bits per heavy atom. The quantitative estimate of drug-likeness (QED) is 0.646. The SMILES string of the molecule is N=C(C1=CCC(O)C=C1)C(N)C1C=CC=CC1. The van der Waals surface area contributed by atoms with Gasteiger partial charge in [-0.2, -0.15) is 0 Å². The maximum absolute atomic E-state index is 9.34. The van der Waals surface area contributed by atoms with Crippen LogP contribution in [0, 0.1) is 11.3 Å². The molecule has 0 fully saturated rings. The fraction of sp³-hybridized carbons (Fsp3) is 0.357. The van der Waals surface area contributed by atoms with E-state index in [0.717, 1.165) is 12.0 Å². The minimum atomic E-state index is -0.416. The van der Waals surface area contributed by atoms with Crippen LogP contribution in [-0.4, -0.2) is 23.0 Å². The zero-order valence-corrected chi connectivity index (χ0v) is 9.71. The van der Waals surface area contributed by atoms with Gasteiger partial charge in [-0.05, 0) is 18.4 Å². The standard InChI is InChI=1S/C14H18N2O/c15-13(10-4-2-1-3-5-10)14(16)11-6-8-12(17)9-7-11/h1-4,6-8,10,12-13,16-17H,5,9,15H2. The molecule has 2 aliphatic carbocycles. The van der Waals surface area contributed by atoms with Gasteiger partial charge in [-0.3, -0.25) is 0 Å². The number of aliphatic hydroxyl groups excluding tert-OH is 1. The lowest BCUT2D eigenvalue weighted by Crippen LogP contribution is -2.38. The molecule has 3 unspecified atom stereocenters. The topological polar surface area (TPSA) is 70.1 Å². The van der Waals surface area contributed by atoms with Gasteiger partial charge in [0.05, 0.1) is 17.9 Å². The van der Waals surface area contributed by atoms with Gasteiger partial charge in [-0.25, -0.2) is 0 Å². The lowest BCUT2D eigenvalue weighted by molar-refractivity contribution is 0.225. The first-order valence-corrected chi connectivity index (χ1v) is 5.92. The highest BCUT2D eigenvalue weighted by Crippen LogP contribution is 2.20. The lowest BCUT2D eigenvalue weighted by Gasteiger charge is -2.23. The molecule has 0 saturated carbocycles. The van der Waals surface area contributed by atoms with Crippen molar-refractivity contribution in [1.82, 2.24) is 0 Å². The molecule has 90 valence electrons. The third-order valence-electron chi connectivity index (χ3n) is 3.20. The molecule has 0 aromatic rings. The second-order valence-corrected chi connectivity index (χ2v) is 4.47. The zero-order valence-electron chi connectivity index (χ0n) is 9.71. The first kappa shape index (κ1) is 12.0. The Morgan fingerprint density at radius 2 is 2.18 bits per heavy atom. The van der Waals surface area contributed by atoms with Crippen LogP contribution >= 0.6 is 0 Å². The van der Waals surface area contributed by atoms with Crippen LogP contribution in [0.5, 0.6) is 0 Å². The molecule has 2 rings (SSSR count). The highest BCUT2D eigenvalue weighted by atomic mass is 16.3. The zero-order chi connectivity index (χ0) is 12.3. The molecule has 0 spiro atoms. The van der Waals surface area contributed by atoms with Crippen molar-refractivity contribution in [2.24, 2.45) is 11.7 Å². The summed E-state index contributed by atoms with van der Waals surface area (Å²) in [5.41, 5.74) is 7.41. The van der Waals surface area contributed by atoms with E-state index < -0.39 is 6.10 Å². The molecule has 0 aliphatic heterocycles. The van der Waals surface area contributed by atoms with E-state index in [4.69, 9.17) is 11.1 Å². The Labute approximate surface area is 102 Å². The molecule has 0 bridgehead atoms. The summed E-state index contributed by atoms with van der Waals surface area (Å²) in [5.74, 6) is 0.202. The summed E-state index contributed by atoms with van der Waals surface area (Å²) in [6.45, 7) is 0. The van der Waals surface area contributed by atoms with Gasteiger partial charge in [0.25, 0.3) is 0 Å². The maximum Gasteiger partial charge on any atom is 0.0758 e. The van der Waals surface area contributed by atoms with Crippen LogP contribution in [-0.2, 0) is 0 Å². The van der Waals surface area contributed by atoms with E-state index in [9.17, 15) is 5.11 Å². The highest BCUT2D eigenvalue weighted by Gasteiger charge is 2.22. The number of aliphatic hydroxyl groups is 1. The minimum Gasteiger partial charge on any atom is -0.389 e. The molecule has 0 radical (unpaired) electrons. The van der Waals surface area contributed by atoms with E-state index in [1.165, 1.54) is 0 Å². The molecular formula is C14H18N2O. The van der Waals surface area contributed by atoms with E-state index >= 15 is 0 Å². The van der Waals surface area contributed by atoms with E-state index in [0.29, 0.717) is 12.1 Å². The van der Waals surface area contributed by atoms with Gasteiger partial charge in [-0.1, -0.05) is 42.5 Å². The van der Waals surface area contributed by atoms with Crippen LogP contribution in [0.2, 0.25) is 0 Å². The van der Waals surface area contributed by atoms with Crippen molar-refractivity contribution in [2.75, 3.05) is 0 Å². The molecule has 4 N–H and O–H groups in total. The fourth-order valence-corrected chi connectivity index (χ4v) is 2.08. The predicted octanol–water partition coefficient (Wildman–Crippen LogP) is 1.71. The van der Waals surface area contributed by atoms with Crippen molar-refractivity contribution in [3.8, 4) is 0 Å². The maximum atomic E-state index is 9.34. The average Bonchev–Trinajstić information content (AvgIpc) is 2.39. The third kappa shape index (κ3) is 2.81. The molecule has 0 aromatic carbocycles. The second kappa shape index (κ2) is 5.25. The van der Waals surface area contributed by atoms with Gasteiger partial charge < -0.3 is 16.2 Å². The number of nitrogens with one attached hydrogen (secondary N) is 1. The van der Waals surface area contributed by atoms with Gasteiger partial charge in [0.15, 0.2) is 0 Å². The molecule has 0 heterocycles. The molecule has 0 amide bonds. The predicted molar refractivity (Wildman–Crippen MR) is 69.9 cm³/mol. The van der Waals surface area contributed by atoms with Gasteiger partial charge in [0.1, 0.15) is 0 Å². The summed E-state index contributed by atoms with van der Waals surface area (Å²) in [4.78, 5) is 0. The molecule has 0 saturated heterocycles. The summed E-state index contributed by atoms with van der Waals surface area (Å²) < 4.78 is 0. The largest absolute Gasteiger partial charge is 0.389 e. The number of rotatable bonds is 3. The summed E-state index contributed by atoms with van der Waals surface area (Å²) in [6, 6.07) is -0.276. The number of nitrogens with two attached hydrogens (primary N) is 1. The van der Waals surface area contributed by atoms with Crippen molar-refractivity contribution >= 4 is 5.71 Å². The second-order valence-electron chi connectivity index (χ2n) is 4.47. The summed E-state index contributed by atoms with van der Waals surface area (Å²) in [7, 11) is 0. The molecule has 3 heteroatoms. The average molecular weight is 230 g/mol. The Bertz CT molecular complexity index is 418. The van der Waals surface area contributed by atoms with Crippen LogP contribution in [0.15, 0.2) is 48.1 Å². The molecule has 3 atom stereocenters. The van der Waals surface area contributed by atoms with Crippen LogP contribution < -0.4 is 5.73 Å². The molecule has 2 aliphatic rings. The van der Waals surface area contributed by atoms with Gasteiger partial charge in [0.2, 0.25) is 0 Å². The first-order valence-electron chi connectivity index (χ1n) is 5.92. The Morgan fingerprint density at radius 3 is 2.76 bits per heavy atom. The van der Waals surface area contributed by atoms with Crippen LogP contribution in [0.1, 0.15) is 12.8 Å². The van der Waals surface area contributed by atoms with E-state index in [1.807, 2.05) is 18.2 Å². The molecule has 3 nitrogen and oxygen atoms in total. The monoisotopic (exact) mass is 230 g/mol. The van der Waals surface area contributed by atoms with Crippen molar-refractivity contribution < 1.29 is 5.11 Å². The minimum absolute atomic E-state index is 0.202. The normalized spacial score (nSPS) is 28.9. The number of hydrogen-bond acceptors (Lipinski definition) is 3. The Hall–Kier alpha value is -1.45. The number of allylic oxidation sites excluding steroid dienone is 4. The van der Waals surface area contributed by atoms with Crippen molar-refractivity contribution in [3.05, 3.63) is 48.1 Å². The smallest absolute Gasteiger partial charge is 0.0758 e. The molecule has 17 heavy (non-hydrogen) atoms. The molecular weight excluding hydrogens is 212 g/mol. The summed E-state index contributed by atoms with van der Waals surface area (Å²) in [6.07, 6.45) is 14.6. The highest BCUT2D eigenvalue weighted by molar-refractivity contribution is 6.04. The van der Waals surface area contributed by atoms with Crippen molar-refractivity contribution in [1.29, 1.82) is 5.41 Å².